The van der Waals surface area contributed by atoms with E-state index in [0.717, 1.165) is 31.0 Å². The molecule has 0 aliphatic heterocycles. The van der Waals surface area contributed by atoms with Crippen LogP contribution in [0.5, 0.6) is 11.5 Å². The summed E-state index contributed by atoms with van der Waals surface area (Å²) in [5.41, 5.74) is 1.25. The summed E-state index contributed by atoms with van der Waals surface area (Å²) in [5.74, 6) is 1.56. The number of hydrogen-bond donors (Lipinski definition) is 0. The smallest absolute Gasteiger partial charge is 0.160 e. The van der Waals surface area contributed by atoms with Crippen molar-refractivity contribution in [1.29, 1.82) is 0 Å². The lowest BCUT2D eigenvalue weighted by Gasteiger charge is -2.15. The molecular formula is C14H21NO2. The van der Waals surface area contributed by atoms with E-state index < -0.39 is 0 Å². The maximum Gasteiger partial charge on any atom is 0.160 e. The van der Waals surface area contributed by atoms with Crippen LogP contribution in [0.2, 0.25) is 0 Å². The van der Waals surface area contributed by atoms with Crippen molar-refractivity contribution in [2.75, 3.05) is 34.4 Å². The minimum absolute atomic E-state index is 0.774. The lowest BCUT2D eigenvalue weighted by molar-refractivity contribution is 0.353. The summed E-state index contributed by atoms with van der Waals surface area (Å²) in [6, 6.07) is 6.05. The van der Waals surface area contributed by atoms with Gasteiger partial charge >= 0.3 is 0 Å². The molecule has 0 unspecified atom stereocenters. The van der Waals surface area contributed by atoms with Crippen molar-refractivity contribution in [2.24, 2.45) is 0 Å². The summed E-state index contributed by atoms with van der Waals surface area (Å²) in [4.78, 5) is 2.23. The fourth-order valence-electron chi connectivity index (χ4n) is 1.67. The Labute approximate surface area is 104 Å². The van der Waals surface area contributed by atoms with Gasteiger partial charge in [-0.1, -0.05) is 12.1 Å². The summed E-state index contributed by atoms with van der Waals surface area (Å²) >= 11 is 0. The van der Waals surface area contributed by atoms with Crippen molar-refractivity contribution in [3.8, 4) is 11.5 Å². The Kier molecular flexibility index (Phi) is 5.57. The molecule has 0 aliphatic carbocycles. The zero-order valence-electron chi connectivity index (χ0n) is 10.9. The summed E-state index contributed by atoms with van der Waals surface area (Å²) in [6.07, 6.45) is 2.90. The van der Waals surface area contributed by atoms with E-state index in [-0.39, 0.29) is 0 Å². The molecule has 3 heteroatoms. The number of ether oxygens (including phenoxy) is 2. The van der Waals surface area contributed by atoms with E-state index >= 15 is 0 Å². The third kappa shape index (κ3) is 4.11. The lowest BCUT2D eigenvalue weighted by atomic mass is 10.1. The van der Waals surface area contributed by atoms with Crippen molar-refractivity contribution >= 4 is 0 Å². The van der Waals surface area contributed by atoms with Crippen LogP contribution in [0.15, 0.2) is 30.9 Å². The zero-order valence-corrected chi connectivity index (χ0v) is 10.9. The van der Waals surface area contributed by atoms with Gasteiger partial charge in [0.2, 0.25) is 0 Å². The molecule has 0 aromatic heterocycles. The molecule has 17 heavy (non-hydrogen) atoms. The van der Waals surface area contributed by atoms with Gasteiger partial charge in [-0.2, -0.15) is 0 Å². The third-order valence-corrected chi connectivity index (χ3v) is 2.67. The van der Waals surface area contributed by atoms with Crippen LogP contribution < -0.4 is 9.47 Å². The van der Waals surface area contributed by atoms with Gasteiger partial charge in [0.1, 0.15) is 0 Å². The second-order valence-corrected chi connectivity index (χ2v) is 3.99. The normalized spacial score (nSPS) is 10.4. The Morgan fingerprint density at radius 2 is 1.94 bits per heavy atom. The molecule has 3 nitrogen and oxygen atoms in total. The van der Waals surface area contributed by atoms with Crippen LogP contribution in [0.4, 0.5) is 0 Å². The van der Waals surface area contributed by atoms with E-state index in [2.05, 4.69) is 24.6 Å². The molecule has 0 N–H and O–H groups in total. The number of rotatable bonds is 7. The van der Waals surface area contributed by atoms with Gasteiger partial charge in [-0.05, 0) is 31.2 Å². The maximum absolute atomic E-state index is 5.28. The van der Waals surface area contributed by atoms with Gasteiger partial charge in [-0.15, -0.1) is 6.58 Å². The fraction of sp³-hybridized carbons (Fsp3) is 0.429. The topological polar surface area (TPSA) is 21.7 Å². The molecule has 0 saturated heterocycles. The molecule has 0 aliphatic rings. The van der Waals surface area contributed by atoms with E-state index in [0.29, 0.717) is 0 Å². The molecule has 0 saturated carbocycles. The van der Waals surface area contributed by atoms with Crippen molar-refractivity contribution in [3.63, 3.8) is 0 Å². The predicted octanol–water partition coefficient (Wildman–Crippen LogP) is 2.36. The van der Waals surface area contributed by atoms with E-state index in [1.807, 2.05) is 18.2 Å². The first-order chi connectivity index (χ1) is 8.21. The van der Waals surface area contributed by atoms with Gasteiger partial charge in [0.05, 0.1) is 14.2 Å². The average molecular weight is 235 g/mol. The monoisotopic (exact) mass is 235 g/mol. The van der Waals surface area contributed by atoms with Gasteiger partial charge < -0.3 is 14.4 Å². The Balaban J connectivity index is 2.62. The number of benzene rings is 1. The second-order valence-electron chi connectivity index (χ2n) is 3.99. The Hall–Kier alpha value is -1.48. The van der Waals surface area contributed by atoms with Crippen LogP contribution in [-0.4, -0.2) is 39.3 Å². The highest BCUT2D eigenvalue weighted by atomic mass is 16.5. The Morgan fingerprint density at radius 1 is 1.24 bits per heavy atom. The maximum atomic E-state index is 5.28. The van der Waals surface area contributed by atoms with E-state index in [1.165, 1.54) is 5.56 Å². The molecule has 0 heterocycles. The van der Waals surface area contributed by atoms with Crippen LogP contribution in [0.25, 0.3) is 0 Å². The molecule has 0 atom stereocenters. The predicted molar refractivity (Wildman–Crippen MR) is 70.9 cm³/mol. The van der Waals surface area contributed by atoms with Crippen molar-refractivity contribution in [1.82, 2.24) is 4.90 Å². The number of methoxy groups -OCH3 is 2. The SMILES string of the molecule is C=CCN(C)CCc1ccc(OC)c(OC)c1. The van der Waals surface area contributed by atoms with E-state index in [9.17, 15) is 0 Å². The Bertz CT molecular complexity index is 363. The third-order valence-electron chi connectivity index (χ3n) is 2.67. The van der Waals surface area contributed by atoms with Gasteiger partial charge in [0.25, 0.3) is 0 Å². The molecule has 94 valence electrons. The average Bonchev–Trinajstić information content (AvgIpc) is 2.36. The van der Waals surface area contributed by atoms with Gasteiger partial charge in [-0.3, -0.25) is 0 Å². The molecule has 1 aromatic rings. The largest absolute Gasteiger partial charge is 0.493 e. The van der Waals surface area contributed by atoms with Crippen molar-refractivity contribution in [3.05, 3.63) is 36.4 Å². The molecule has 0 fully saturated rings. The quantitative estimate of drug-likeness (QED) is 0.677. The minimum atomic E-state index is 0.774. The van der Waals surface area contributed by atoms with Crippen LogP contribution in [0, 0.1) is 0 Å². The molecule has 0 amide bonds. The molecular weight excluding hydrogens is 214 g/mol. The molecule has 0 radical (unpaired) electrons. The van der Waals surface area contributed by atoms with Crippen molar-refractivity contribution in [2.45, 2.75) is 6.42 Å². The summed E-state index contributed by atoms with van der Waals surface area (Å²) in [7, 11) is 5.39. The number of nitrogens with zero attached hydrogens (tertiary/aromatic N) is 1. The van der Waals surface area contributed by atoms with Gasteiger partial charge in [0.15, 0.2) is 11.5 Å². The number of likely N-dealkylation sites (N-methyl/N-ethyl adjacent to an activating group) is 1. The second kappa shape index (κ2) is 6.97. The first-order valence-electron chi connectivity index (χ1n) is 5.71. The minimum Gasteiger partial charge on any atom is -0.493 e. The van der Waals surface area contributed by atoms with Crippen molar-refractivity contribution < 1.29 is 9.47 Å². The number of hydrogen-bond acceptors (Lipinski definition) is 3. The summed E-state index contributed by atoms with van der Waals surface area (Å²) in [5, 5.41) is 0. The standard InChI is InChI=1S/C14H21NO2/c1-5-9-15(2)10-8-12-6-7-13(16-3)14(11-12)17-4/h5-7,11H,1,8-10H2,2-4H3. The van der Waals surface area contributed by atoms with Crippen LogP contribution in [0.1, 0.15) is 5.56 Å². The first kappa shape index (κ1) is 13.6. The highest BCUT2D eigenvalue weighted by Gasteiger charge is 2.05. The summed E-state index contributed by atoms with van der Waals surface area (Å²) < 4.78 is 10.5. The molecule has 0 spiro atoms. The molecule has 1 aromatic carbocycles. The van der Waals surface area contributed by atoms with Crippen LogP contribution in [-0.2, 0) is 6.42 Å². The highest BCUT2D eigenvalue weighted by Crippen LogP contribution is 2.27. The summed E-state index contributed by atoms with van der Waals surface area (Å²) in [6.45, 7) is 5.64. The van der Waals surface area contributed by atoms with Crippen LogP contribution >= 0.6 is 0 Å². The highest BCUT2D eigenvalue weighted by molar-refractivity contribution is 5.42. The lowest BCUT2D eigenvalue weighted by Crippen LogP contribution is -2.21. The fourth-order valence-corrected chi connectivity index (χ4v) is 1.67. The molecule has 0 bridgehead atoms. The van der Waals surface area contributed by atoms with E-state index in [4.69, 9.17) is 9.47 Å². The first-order valence-corrected chi connectivity index (χ1v) is 5.71. The van der Waals surface area contributed by atoms with Gasteiger partial charge in [0, 0.05) is 13.1 Å². The molecule has 1 rings (SSSR count). The van der Waals surface area contributed by atoms with Gasteiger partial charge in [-0.25, -0.2) is 0 Å². The van der Waals surface area contributed by atoms with E-state index in [1.54, 1.807) is 14.2 Å². The zero-order chi connectivity index (χ0) is 12.7. The van der Waals surface area contributed by atoms with Crippen LogP contribution in [0.3, 0.4) is 0 Å². The Morgan fingerprint density at radius 3 is 2.53 bits per heavy atom.